The van der Waals surface area contributed by atoms with Crippen LogP contribution in [0.3, 0.4) is 0 Å². The normalized spacial score (nSPS) is 27.7. The van der Waals surface area contributed by atoms with E-state index in [0.29, 0.717) is 18.4 Å². The summed E-state index contributed by atoms with van der Waals surface area (Å²) >= 11 is 0. The molecule has 20 heteroatoms. The van der Waals surface area contributed by atoms with E-state index in [0.717, 1.165) is 0 Å². The molecule has 0 aromatic heterocycles. The fourth-order valence-corrected chi connectivity index (χ4v) is 7.27. The van der Waals surface area contributed by atoms with Gasteiger partial charge in [0.2, 0.25) is 47.3 Å². The molecule has 8 amide bonds. The summed E-state index contributed by atoms with van der Waals surface area (Å²) in [6.07, 6.45) is 0.723. The molecule has 2 saturated heterocycles. The number of aliphatic hydroxyl groups is 1. The van der Waals surface area contributed by atoms with Crippen LogP contribution in [0.1, 0.15) is 72.8 Å². The molecule has 0 spiro atoms. The molecule has 9 N–H and O–H groups in total. The first-order valence-electron chi connectivity index (χ1n) is 19.9. The van der Waals surface area contributed by atoms with Crippen molar-refractivity contribution in [1.29, 1.82) is 0 Å². The molecule has 0 saturated carbocycles. The van der Waals surface area contributed by atoms with E-state index >= 15 is 0 Å². The van der Waals surface area contributed by atoms with E-state index in [1.54, 1.807) is 39.8 Å². The number of carbonyl (C=O) groups is 8. The van der Waals surface area contributed by atoms with E-state index in [-0.39, 0.29) is 37.3 Å². The first-order chi connectivity index (χ1) is 27.7. The highest BCUT2D eigenvalue weighted by Gasteiger charge is 2.40. The highest BCUT2D eigenvalue weighted by atomic mass is 32.2. The Hall–Kier alpha value is -5.11. The zero-order valence-electron chi connectivity index (χ0n) is 34.7. The van der Waals surface area contributed by atoms with Crippen LogP contribution in [0, 0.1) is 11.8 Å². The molecule has 0 radical (unpaired) electrons. The Morgan fingerprint density at radius 2 is 1.37 bits per heavy atom. The lowest BCUT2D eigenvalue weighted by Crippen LogP contribution is -2.62. The van der Waals surface area contributed by atoms with Gasteiger partial charge in [0.25, 0.3) is 0 Å². The van der Waals surface area contributed by atoms with Gasteiger partial charge < -0.3 is 52.3 Å². The topological polar surface area (TPSA) is 282 Å². The minimum Gasteiger partial charge on any atom is -0.508 e. The molecule has 2 aliphatic heterocycles. The Labute approximate surface area is 346 Å². The number of rotatable bonds is 9. The molecule has 2 heterocycles. The van der Waals surface area contributed by atoms with Crippen molar-refractivity contribution in [1.82, 2.24) is 42.1 Å². The number of aromatic hydroxyl groups is 1. The van der Waals surface area contributed by atoms with Gasteiger partial charge in [0.05, 0.1) is 12.6 Å². The second-order valence-corrected chi connectivity index (χ2v) is 17.1. The van der Waals surface area contributed by atoms with Gasteiger partial charge in [0.1, 0.15) is 48.0 Å². The van der Waals surface area contributed by atoms with Gasteiger partial charge in [-0.05, 0) is 62.6 Å². The lowest BCUT2D eigenvalue weighted by Gasteiger charge is -2.31. The number of nitrogens with zero attached hydrogens (tertiary/aromatic N) is 1. The van der Waals surface area contributed by atoms with Gasteiger partial charge in [-0.25, -0.2) is 0 Å². The predicted octanol–water partition coefficient (Wildman–Crippen LogP) is -2.16. The van der Waals surface area contributed by atoms with Crippen LogP contribution in [-0.2, 0) is 55.6 Å². The van der Waals surface area contributed by atoms with Crippen molar-refractivity contribution in [3.63, 3.8) is 0 Å². The van der Waals surface area contributed by atoms with E-state index in [2.05, 4.69) is 37.2 Å². The average molecular weight is 849 g/mol. The maximum absolute atomic E-state index is 14.2. The number of benzene rings is 1. The zero-order valence-corrected chi connectivity index (χ0v) is 35.5. The molecule has 1 aromatic carbocycles. The molecule has 0 aliphatic carbocycles. The van der Waals surface area contributed by atoms with Crippen LogP contribution in [0.4, 0.5) is 0 Å². The predicted molar refractivity (Wildman–Crippen MR) is 216 cm³/mol. The summed E-state index contributed by atoms with van der Waals surface area (Å²) in [4.78, 5) is 111. The number of phenols is 1. The van der Waals surface area contributed by atoms with E-state index in [1.165, 1.54) is 37.1 Å². The van der Waals surface area contributed by atoms with Crippen molar-refractivity contribution in [2.75, 3.05) is 25.1 Å². The summed E-state index contributed by atoms with van der Waals surface area (Å²) in [5, 5.41) is 38.4. The second-order valence-electron chi connectivity index (χ2n) is 15.6. The maximum atomic E-state index is 14.2. The van der Waals surface area contributed by atoms with E-state index in [9.17, 15) is 52.8 Å². The van der Waals surface area contributed by atoms with Crippen molar-refractivity contribution in [3.8, 4) is 5.75 Å². The first-order valence-corrected chi connectivity index (χ1v) is 21.6. The summed E-state index contributed by atoms with van der Waals surface area (Å²) in [7, 11) is -1.41. The molecular formula is C39H60N8O11S. The number of fused-ring (bicyclic) bond motifs is 1. The van der Waals surface area contributed by atoms with Crippen molar-refractivity contribution in [2.24, 2.45) is 11.8 Å². The van der Waals surface area contributed by atoms with Crippen molar-refractivity contribution in [2.45, 2.75) is 122 Å². The molecule has 10 unspecified atom stereocenters. The van der Waals surface area contributed by atoms with Gasteiger partial charge in [-0.1, -0.05) is 46.2 Å². The largest absolute Gasteiger partial charge is 0.508 e. The van der Waals surface area contributed by atoms with Gasteiger partial charge in [-0.2, -0.15) is 0 Å². The molecule has 59 heavy (non-hydrogen) atoms. The Morgan fingerprint density at radius 3 is 1.97 bits per heavy atom. The number of amides is 8. The zero-order chi connectivity index (χ0) is 44.1. The highest BCUT2D eigenvalue weighted by Crippen LogP contribution is 2.21. The van der Waals surface area contributed by atoms with Crippen LogP contribution in [-0.4, -0.2) is 140 Å². The summed E-state index contributed by atoms with van der Waals surface area (Å²) in [6.45, 7) is 8.95. The van der Waals surface area contributed by atoms with Crippen LogP contribution < -0.4 is 37.2 Å². The summed E-state index contributed by atoms with van der Waals surface area (Å²) in [6, 6.07) is -3.01. The summed E-state index contributed by atoms with van der Waals surface area (Å²) in [5.74, 6) is -7.15. The minimum absolute atomic E-state index is 0.0260. The Kier molecular flexibility index (Phi) is 18.3. The fraction of sp³-hybridized carbons (Fsp3) is 0.641. The van der Waals surface area contributed by atoms with Crippen LogP contribution in [0.25, 0.3) is 0 Å². The molecule has 2 fully saturated rings. The van der Waals surface area contributed by atoms with E-state index in [1.807, 2.05) is 0 Å². The smallest absolute Gasteiger partial charge is 0.246 e. The van der Waals surface area contributed by atoms with Gasteiger partial charge in [0, 0.05) is 35.8 Å². The maximum Gasteiger partial charge on any atom is 0.246 e. The van der Waals surface area contributed by atoms with Gasteiger partial charge in [0.15, 0.2) is 0 Å². The minimum atomic E-state index is -1.62. The average Bonchev–Trinajstić information content (AvgIpc) is 3.68. The van der Waals surface area contributed by atoms with Crippen LogP contribution >= 0.6 is 0 Å². The Balaban J connectivity index is 2.06. The Bertz CT molecular complexity index is 1730. The first kappa shape index (κ1) is 48.3. The Morgan fingerprint density at radius 1 is 0.763 bits per heavy atom. The molecule has 3 rings (SSSR count). The van der Waals surface area contributed by atoms with Crippen molar-refractivity contribution < 1.29 is 52.8 Å². The lowest BCUT2D eigenvalue weighted by atomic mass is 9.96. The fourth-order valence-electron chi connectivity index (χ4n) is 6.70. The molecule has 0 bridgehead atoms. The third kappa shape index (κ3) is 14.0. The summed E-state index contributed by atoms with van der Waals surface area (Å²) < 4.78 is 12.1. The number of hydrogen-bond acceptors (Lipinski definition) is 11. The van der Waals surface area contributed by atoms with E-state index in [4.69, 9.17) is 0 Å². The number of hydrogen-bond donors (Lipinski definition) is 9. The molecule has 2 aliphatic rings. The van der Waals surface area contributed by atoms with E-state index < -0.39 is 125 Å². The van der Waals surface area contributed by atoms with Gasteiger partial charge in [-0.3, -0.25) is 42.6 Å². The standard InChI is InChI=1S/C39H60N8O11S/c1-8-21(4)31-37(55)44-30(20(2)3)36(54)40-19-29(50)42-27(18-24-11-13-25(49)14-12-24)39(57)47-16-9-10-28(47)35(53)43-26(15-17-59(7)58)34(52)46-32(23(6)48)38(56)41-22(5)33(51)45-31/h11-14,20-23,26-28,30-32,48-49H,8-10,15-19H2,1-7H3,(H,40,54)(H,41,56)(H,42,50)(H,43,53)(H,44,55)(H,45,51)(H,46,52). The third-order valence-corrected chi connectivity index (χ3v) is 11.3. The van der Waals surface area contributed by atoms with Gasteiger partial charge >= 0.3 is 0 Å². The quantitative estimate of drug-likeness (QED) is 0.129. The summed E-state index contributed by atoms with van der Waals surface area (Å²) in [5.41, 5.74) is 0.555. The highest BCUT2D eigenvalue weighted by molar-refractivity contribution is 7.84. The molecule has 328 valence electrons. The third-order valence-electron chi connectivity index (χ3n) is 10.5. The van der Waals surface area contributed by atoms with Crippen molar-refractivity contribution >= 4 is 58.1 Å². The second kappa shape index (κ2) is 22.3. The molecule has 19 nitrogen and oxygen atoms in total. The molecule has 10 atom stereocenters. The molecular weight excluding hydrogens is 789 g/mol. The lowest BCUT2D eigenvalue weighted by molar-refractivity contribution is -0.142. The van der Waals surface area contributed by atoms with Crippen LogP contribution in [0.5, 0.6) is 5.75 Å². The monoisotopic (exact) mass is 848 g/mol. The van der Waals surface area contributed by atoms with Crippen LogP contribution in [0.15, 0.2) is 24.3 Å². The number of aliphatic hydroxyl groups excluding tert-OH is 1. The SMILES string of the molecule is CCC(C)C1NC(=O)C(C)NC(=O)C(C(C)O)NC(=O)C(CCS(C)=O)NC(=O)C2CCCN2C(=O)C(Cc2ccc(O)cc2)NC(=O)CNC(=O)C(C(C)C)NC1=O. The van der Waals surface area contributed by atoms with Gasteiger partial charge in [-0.15, -0.1) is 0 Å². The molecule has 1 aromatic rings. The van der Waals surface area contributed by atoms with Crippen LogP contribution in [0.2, 0.25) is 0 Å². The van der Waals surface area contributed by atoms with Crippen molar-refractivity contribution in [3.05, 3.63) is 29.8 Å². The number of phenolic OH excluding ortho intramolecular Hbond substituents is 1. The number of nitrogens with one attached hydrogen (secondary N) is 7. The number of carbonyl (C=O) groups excluding carboxylic acids is 8.